The summed E-state index contributed by atoms with van der Waals surface area (Å²) in [6.45, 7) is 10.5. The van der Waals surface area contributed by atoms with Gasteiger partial charge >= 0.3 is 0 Å². The minimum atomic E-state index is 0. The molecule has 18 heavy (non-hydrogen) atoms. The zero-order chi connectivity index (χ0) is 11.4. The maximum absolute atomic E-state index is 8.30. The summed E-state index contributed by atoms with van der Waals surface area (Å²) in [6.07, 6.45) is 2.38. The quantitative estimate of drug-likeness (QED) is 0.635. The molecule has 120 valence electrons. The molecule has 0 aliphatic rings. The third-order valence-electron chi connectivity index (χ3n) is 2.40. The van der Waals surface area contributed by atoms with E-state index in [4.69, 9.17) is 10.8 Å². The molecular weight excluding hydrogens is 224 g/mol. The van der Waals surface area contributed by atoms with E-state index in [9.17, 15) is 0 Å². The maximum Gasteiger partial charge on any atom is 0.0931 e. The van der Waals surface area contributed by atoms with E-state index in [1.807, 2.05) is 0 Å². The van der Waals surface area contributed by atoms with E-state index in [0.717, 1.165) is 13.1 Å². The molecule has 0 aliphatic heterocycles. The Hall–Kier alpha value is -0.120. The normalized spacial score (nSPS) is 11.0. The van der Waals surface area contributed by atoms with Gasteiger partial charge in [0.15, 0.2) is 0 Å². The first-order valence-corrected chi connectivity index (χ1v) is 5.63. The number of aliphatic hydroxyl groups excluding tert-OH is 1. The summed E-state index contributed by atoms with van der Waals surface area (Å²) in [5.74, 6) is 1.40. The number of nitrogens with two attached hydrogens (primary N) is 1. The van der Waals surface area contributed by atoms with Crippen molar-refractivity contribution in [3.8, 4) is 0 Å². The molecule has 0 saturated heterocycles. The lowest BCUT2D eigenvalue weighted by atomic mass is 10.1. The highest BCUT2D eigenvalue weighted by Gasteiger charge is 1.94. The van der Waals surface area contributed by atoms with E-state index >= 15 is 0 Å². The van der Waals surface area contributed by atoms with Crippen LogP contribution in [0.1, 0.15) is 70.2 Å². The maximum atomic E-state index is 8.30. The molecule has 0 saturated carbocycles. The minimum absolute atomic E-state index is 0. The topological polar surface area (TPSA) is 58.3 Å². The fraction of sp³-hybridized carbons (Fsp3) is 1.00. The molecule has 3 heteroatoms. The molecular formula is C15H44N2O. The van der Waals surface area contributed by atoms with Gasteiger partial charge in [0.1, 0.15) is 0 Å². The zero-order valence-corrected chi connectivity index (χ0v) is 10.2. The van der Waals surface area contributed by atoms with Crippen molar-refractivity contribution in [2.45, 2.75) is 70.2 Å². The standard InChI is InChI=1S/C6H15NO.C5H13N.4CH4/c1-3-6(2)4-7-5-8;1-3-5(2)4-6;;;;/h6-8H,3-5H2,1-2H3;5H,3-4,6H2,1-2H3;4*1H4. The molecule has 0 rings (SSSR count). The number of rotatable bonds is 6. The lowest BCUT2D eigenvalue weighted by Crippen LogP contribution is -2.21. The summed E-state index contributed by atoms with van der Waals surface area (Å²) < 4.78 is 0. The fourth-order valence-corrected chi connectivity index (χ4v) is 0.622. The van der Waals surface area contributed by atoms with Crippen LogP contribution in [0.5, 0.6) is 0 Å². The Bertz CT molecular complexity index is 96.5. The van der Waals surface area contributed by atoms with Gasteiger partial charge in [0.2, 0.25) is 0 Å². The Morgan fingerprint density at radius 2 is 1.33 bits per heavy atom. The first-order chi connectivity index (χ1) is 6.62. The van der Waals surface area contributed by atoms with Crippen LogP contribution in [-0.2, 0) is 0 Å². The minimum Gasteiger partial charge on any atom is -0.381 e. The van der Waals surface area contributed by atoms with E-state index in [1.54, 1.807) is 0 Å². The highest BCUT2D eigenvalue weighted by molar-refractivity contribution is 4.50. The van der Waals surface area contributed by atoms with Gasteiger partial charge in [-0.3, -0.25) is 5.32 Å². The zero-order valence-electron chi connectivity index (χ0n) is 10.2. The first-order valence-electron chi connectivity index (χ1n) is 5.63. The van der Waals surface area contributed by atoms with Crippen molar-refractivity contribution in [2.24, 2.45) is 17.6 Å². The summed E-state index contributed by atoms with van der Waals surface area (Å²) in [5.41, 5.74) is 5.28. The molecule has 2 unspecified atom stereocenters. The molecule has 0 aromatic rings. The number of hydrogen-bond donors (Lipinski definition) is 3. The van der Waals surface area contributed by atoms with Crippen LogP contribution in [0.3, 0.4) is 0 Å². The van der Waals surface area contributed by atoms with Gasteiger partial charge in [-0.15, -0.1) is 0 Å². The van der Waals surface area contributed by atoms with Gasteiger partial charge < -0.3 is 10.8 Å². The summed E-state index contributed by atoms with van der Waals surface area (Å²) in [6, 6.07) is 0. The Morgan fingerprint density at radius 1 is 0.944 bits per heavy atom. The van der Waals surface area contributed by atoms with E-state index in [2.05, 4.69) is 33.0 Å². The van der Waals surface area contributed by atoms with Gasteiger partial charge in [-0.1, -0.05) is 70.2 Å². The highest BCUT2D eigenvalue weighted by atomic mass is 16.3. The van der Waals surface area contributed by atoms with Gasteiger partial charge in [-0.05, 0) is 24.9 Å². The van der Waals surface area contributed by atoms with E-state index < -0.39 is 0 Å². The Labute approximate surface area is 119 Å². The molecule has 0 aromatic carbocycles. The van der Waals surface area contributed by atoms with E-state index in [0.29, 0.717) is 11.8 Å². The number of aliphatic hydroxyl groups is 1. The molecule has 0 heterocycles. The summed E-state index contributed by atoms with van der Waals surface area (Å²) >= 11 is 0. The van der Waals surface area contributed by atoms with Crippen LogP contribution >= 0.6 is 0 Å². The molecule has 3 nitrogen and oxygen atoms in total. The third-order valence-corrected chi connectivity index (χ3v) is 2.40. The molecule has 2 atom stereocenters. The Morgan fingerprint density at radius 3 is 1.50 bits per heavy atom. The smallest absolute Gasteiger partial charge is 0.0931 e. The highest BCUT2D eigenvalue weighted by Crippen LogP contribution is 1.95. The molecule has 0 fully saturated rings. The lowest BCUT2D eigenvalue weighted by molar-refractivity contribution is 0.251. The number of nitrogens with one attached hydrogen (secondary N) is 1. The summed E-state index contributed by atoms with van der Waals surface area (Å²) in [7, 11) is 0. The monoisotopic (exact) mass is 268 g/mol. The van der Waals surface area contributed by atoms with Crippen LogP contribution in [0.15, 0.2) is 0 Å². The van der Waals surface area contributed by atoms with Crippen LogP contribution in [-0.4, -0.2) is 24.9 Å². The fourth-order valence-electron chi connectivity index (χ4n) is 0.622. The molecule has 0 aliphatic carbocycles. The van der Waals surface area contributed by atoms with Gasteiger partial charge in [-0.2, -0.15) is 0 Å². The number of hydrogen-bond acceptors (Lipinski definition) is 3. The summed E-state index contributed by atoms with van der Waals surface area (Å²) in [4.78, 5) is 0. The summed E-state index contributed by atoms with van der Waals surface area (Å²) in [5, 5.41) is 11.2. The Kier molecular flexibility index (Phi) is 60.5. The van der Waals surface area contributed by atoms with Crippen molar-refractivity contribution < 1.29 is 5.11 Å². The molecule has 0 spiro atoms. The average molecular weight is 269 g/mol. The molecule has 0 amide bonds. The average Bonchev–Trinajstić information content (AvgIpc) is 2.25. The van der Waals surface area contributed by atoms with Crippen LogP contribution in [0.25, 0.3) is 0 Å². The van der Waals surface area contributed by atoms with E-state index in [-0.39, 0.29) is 36.4 Å². The van der Waals surface area contributed by atoms with Crippen LogP contribution in [0.2, 0.25) is 0 Å². The predicted octanol–water partition coefficient (Wildman–Crippen LogP) is 4.11. The predicted molar refractivity (Wildman–Crippen MR) is 90.0 cm³/mol. The van der Waals surface area contributed by atoms with Crippen molar-refractivity contribution >= 4 is 0 Å². The van der Waals surface area contributed by atoms with Crippen molar-refractivity contribution in [1.29, 1.82) is 0 Å². The second kappa shape index (κ2) is 30.2. The van der Waals surface area contributed by atoms with Crippen molar-refractivity contribution in [3.05, 3.63) is 0 Å². The Balaban J connectivity index is -0.0000000335. The molecule has 0 radical (unpaired) electrons. The van der Waals surface area contributed by atoms with Crippen LogP contribution < -0.4 is 11.1 Å². The second-order valence-corrected chi connectivity index (χ2v) is 3.87. The van der Waals surface area contributed by atoms with Crippen molar-refractivity contribution in [1.82, 2.24) is 5.32 Å². The van der Waals surface area contributed by atoms with Crippen molar-refractivity contribution in [3.63, 3.8) is 0 Å². The van der Waals surface area contributed by atoms with E-state index in [1.165, 1.54) is 12.8 Å². The van der Waals surface area contributed by atoms with Crippen molar-refractivity contribution in [2.75, 3.05) is 19.8 Å². The SMILES string of the molecule is C.C.C.C.CCC(C)CN.CCC(C)CNCO. The first kappa shape index (κ1) is 36.1. The van der Waals surface area contributed by atoms with Crippen LogP contribution in [0.4, 0.5) is 0 Å². The largest absolute Gasteiger partial charge is 0.381 e. The molecule has 4 N–H and O–H groups in total. The molecule has 0 bridgehead atoms. The van der Waals surface area contributed by atoms with Gasteiger partial charge in [0.25, 0.3) is 0 Å². The van der Waals surface area contributed by atoms with Gasteiger partial charge in [-0.25, -0.2) is 0 Å². The molecule has 0 aromatic heterocycles. The van der Waals surface area contributed by atoms with Crippen LogP contribution in [0, 0.1) is 11.8 Å². The van der Waals surface area contributed by atoms with Gasteiger partial charge in [0, 0.05) is 0 Å². The third kappa shape index (κ3) is 36.0. The van der Waals surface area contributed by atoms with Gasteiger partial charge in [0.05, 0.1) is 6.73 Å². The lowest BCUT2D eigenvalue weighted by Gasteiger charge is -2.06. The second-order valence-electron chi connectivity index (χ2n) is 3.87.